The molecule has 0 rings (SSSR count). The molecule has 1 amide bonds. The smallest absolute Gasteiger partial charge is 0.219 e. The van der Waals surface area contributed by atoms with Gasteiger partial charge in [0.25, 0.3) is 0 Å². The van der Waals surface area contributed by atoms with E-state index in [9.17, 15) is 4.79 Å². The van der Waals surface area contributed by atoms with Crippen LogP contribution in [0.3, 0.4) is 0 Å². The van der Waals surface area contributed by atoms with Crippen LogP contribution in [0.25, 0.3) is 0 Å². The molecule has 0 bridgehead atoms. The first kappa shape index (κ1) is 20.3. The van der Waals surface area contributed by atoms with Crippen LogP contribution in [0.15, 0.2) is 0 Å². The number of carbonyl (C=O) groups excluding carboxylic acids is 1. The zero-order valence-electron chi connectivity index (χ0n) is 13.5. The Hall–Kier alpha value is -0.690. The summed E-state index contributed by atoms with van der Waals surface area (Å²) in [6, 6.07) is 0. The van der Waals surface area contributed by atoms with Gasteiger partial charge in [-0.2, -0.15) is 0 Å². The lowest BCUT2D eigenvalue weighted by molar-refractivity contribution is -0.121. The number of hydrogen-bond donors (Lipinski definition) is 1. The molecule has 0 spiro atoms. The van der Waals surface area contributed by atoms with E-state index < -0.39 is 0 Å². The molecule has 0 aromatic rings. The van der Waals surface area contributed by atoms with E-state index >= 15 is 0 Å². The predicted octanol–water partition coefficient (Wildman–Crippen LogP) is 1.38. The molecule has 0 aliphatic carbocycles. The largest absolute Gasteiger partial charge is 0.379 e. The molecule has 6 nitrogen and oxygen atoms in total. The molecule has 0 fully saturated rings. The highest BCUT2D eigenvalue weighted by Gasteiger charge is 1.98. The molecule has 0 saturated heterocycles. The number of unbranched alkanes of at least 4 members (excludes halogenated alkanes) is 1. The molecule has 0 unspecified atom stereocenters. The first-order chi connectivity index (χ1) is 10.3. The van der Waals surface area contributed by atoms with Crippen molar-refractivity contribution in [3.05, 3.63) is 0 Å². The van der Waals surface area contributed by atoms with E-state index in [0.717, 1.165) is 19.4 Å². The number of nitrogens with one attached hydrogen (secondary N) is 1. The van der Waals surface area contributed by atoms with Gasteiger partial charge in [-0.1, -0.05) is 0 Å². The maximum Gasteiger partial charge on any atom is 0.219 e. The van der Waals surface area contributed by atoms with Gasteiger partial charge < -0.3 is 24.3 Å². The molecule has 0 atom stereocenters. The maximum absolute atomic E-state index is 11.2. The molecule has 0 aromatic heterocycles. The van der Waals surface area contributed by atoms with Crippen molar-refractivity contribution in [2.24, 2.45) is 0 Å². The highest BCUT2D eigenvalue weighted by molar-refractivity contribution is 5.75. The Morgan fingerprint density at radius 2 is 1.29 bits per heavy atom. The molecule has 126 valence electrons. The monoisotopic (exact) mass is 305 g/mol. The Bertz CT molecular complexity index is 226. The van der Waals surface area contributed by atoms with Crippen LogP contribution < -0.4 is 5.32 Å². The quantitative estimate of drug-likeness (QED) is 0.436. The minimum absolute atomic E-state index is 0.116. The summed E-state index contributed by atoms with van der Waals surface area (Å²) < 4.78 is 21.2. The van der Waals surface area contributed by atoms with E-state index in [4.69, 9.17) is 18.9 Å². The Morgan fingerprint density at radius 1 is 0.762 bits per heavy atom. The minimum Gasteiger partial charge on any atom is -0.379 e. The Kier molecular flexibility index (Phi) is 16.8. The maximum atomic E-state index is 11.2. The topological polar surface area (TPSA) is 66.0 Å². The van der Waals surface area contributed by atoms with Crippen molar-refractivity contribution < 1.29 is 23.7 Å². The van der Waals surface area contributed by atoms with E-state index in [0.29, 0.717) is 59.2 Å². The molecule has 0 aromatic carbocycles. The first-order valence-corrected chi connectivity index (χ1v) is 7.88. The predicted molar refractivity (Wildman–Crippen MR) is 81.5 cm³/mol. The Balaban J connectivity index is 3.01. The van der Waals surface area contributed by atoms with Crippen molar-refractivity contribution in [1.29, 1.82) is 0 Å². The van der Waals surface area contributed by atoms with Crippen molar-refractivity contribution in [2.75, 3.05) is 59.4 Å². The van der Waals surface area contributed by atoms with Crippen LogP contribution in [0.4, 0.5) is 0 Å². The van der Waals surface area contributed by atoms with Gasteiger partial charge >= 0.3 is 0 Å². The summed E-state index contributed by atoms with van der Waals surface area (Å²) in [5.41, 5.74) is 0. The summed E-state index contributed by atoms with van der Waals surface area (Å²) in [6.45, 7) is 9.54. The standard InChI is InChI=1S/C15H31NO5/c1-3-16-15(17)7-5-6-8-19-11-12-21-14-13-20-10-9-18-4-2/h3-14H2,1-2H3,(H,16,17). The third-order valence-electron chi connectivity index (χ3n) is 2.64. The number of rotatable bonds is 16. The summed E-state index contributed by atoms with van der Waals surface area (Å²) >= 11 is 0. The zero-order valence-corrected chi connectivity index (χ0v) is 13.5. The molecule has 0 radical (unpaired) electrons. The second-order valence-electron chi connectivity index (χ2n) is 4.44. The van der Waals surface area contributed by atoms with Gasteiger partial charge in [-0.25, -0.2) is 0 Å². The van der Waals surface area contributed by atoms with Crippen LogP contribution in [0.1, 0.15) is 33.1 Å². The highest BCUT2D eigenvalue weighted by Crippen LogP contribution is 1.96. The molecule has 0 aliphatic rings. The van der Waals surface area contributed by atoms with Gasteiger partial charge in [0.2, 0.25) is 5.91 Å². The second kappa shape index (κ2) is 17.4. The molecule has 0 saturated carbocycles. The van der Waals surface area contributed by atoms with Crippen LogP contribution in [0.2, 0.25) is 0 Å². The third kappa shape index (κ3) is 17.3. The fourth-order valence-electron chi connectivity index (χ4n) is 1.58. The molecule has 0 aliphatic heterocycles. The van der Waals surface area contributed by atoms with Crippen molar-refractivity contribution in [2.45, 2.75) is 33.1 Å². The zero-order chi connectivity index (χ0) is 15.6. The minimum atomic E-state index is 0.116. The van der Waals surface area contributed by atoms with Gasteiger partial charge in [-0.05, 0) is 26.7 Å². The van der Waals surface area contributed by atoms with Crippen molar-refractivity contribution in [3.63, 3.8) is 0 Å². The normalized spacial score (nSPS) is 10.8. The summed E-state index contributed by atoms with van der Waals surface area (Å²) in [5, 5.41) is 2.77. The van der Waals surface area contributed by atoms with Crippen molar-refractivity contribution in [3.8, 4) is 0 Å². The van der Waals surface area contributed by atoms with E-state index in [2.05, 4.69) is 5.32 Å². The SMILES string of the molecule is CCNC(=O)CCCCOCCOCCOCCOCC. The van der Waals surface area contributed by atoms with Gasteiger partial charge in [-0.15, -0.1) is 0 Å². The third-order valence-corrected chi connectivity index (χ3v) is 2.64. The molecule has 21 heavy (non-hydrogen) atoms. The van der Waals surface area contributed by atoms with Crippen LogP contribution in [0.5, 0.6) is 0 Å². The molecule has 6 heteroatoms. The Labute approximate surface area is 128 Å². The number of amides is 1. The fourth-order valence-corrected chi connectivity index (χ4v) is 1.58. The first-order valence-electron chi connectivity index (χ1n) is 7.88. The van der Waals surface area contributed by atoms with E-state index in [1.54, 1.807) is 0 Å². The van der Waals surface area contributed by atoms with Crippen LogP contribution in [-0.4, -0.2) is 65.3 Å². The van der Waals surface area contributed by atoms with E-state index in [1.807, 2.05) is 13.8 Å². The summed E-state index contributed by atoms with van der Waals surface area (Å²) in [4.78, 5) is 11.2. The van der Waals surface area contributed by atoms with Gasteiger partial charge in [0.1, 0.15) is 0 Å². The van der Waals surface area contributed by atoms with Gasteiger partial charge in [0, 0.05) is 26.2 Å². The lowest BCUT2D eigenvalue weighted by Gasteiger charge is -2.07. The van der Waals surface area contributed by atoms with Crippen LogP contribution in [-0.2, 0) is 23.7 Å². The number of carbonyl (C=O) groups is 1. The summed E-state index contributed by atoms with van der Waals surface area (Å²) in [7, 11) is 0. The summed E-state index contributed by atoms with van der Waals surface area (Å²) in [5.74, 6) is 0.116. The number of hydrogen-bond acceptors (Lipinski definition) is 5. The van der Waals surface area contributed by atoms with E-state index in [1.165, 1.54) is 0 Å². The number of ether oxygens (including phenoxy) is 4. The molecule has 0 heterocycles. The fraction of sp³-hybridized carbons (Fsp3) is 0.933. The average molecular weight is 305 g/mol. The Morgan fingerprint density at radius 3 is 1.81 bits per heavy atom. The average Bonchev–Trinajstić information content (AvgIpc) is 2.48. The summed E-state index contributed by atoms with van der Waals surface area (Å²) in [6.07, 6.45) is 2.34. The van der Waals surface area contributed by atoms with E-state index in [-0.39, 0.29) is 5.91 Å². The lowest BCUT2D eigenvalue weighted by atomic mass is 10.2. The lowest BCUT2D eigenvalue weighted by Crippen LogP contribution is -2.22. The molecular formula is C15H31NO5. The van der Waals surface area contributed by atoms with Crippen LogP contribution in [0, 0.1) is 0 Å². The molecule has 1 N–H and O–H groups in total. The molecular weight excluding hydrogens is 274 g/mol. The van der Waals surface area contributed by atoms with Crippen molar-refractivity contribution in [1.82, 2.24) is 5.32 Å². The van der Waals surface area contributed by atoms with Crippen LogP contribution >= 0.6 is 0 Å². The van der Waals surface area contributed by atoms with Crippen molar-refractivity contribution >= 4 is 5.91 Å². The van der Waals surface area contributed by atoms with Gasteiger partial charge in [0.15, 0.2) is 0 Å². The van der Waals surface area contributed by atoms with Gasteiger partial charge in [0.05, 0.1) is 39.6 Å². The second-order valence-corrected chi connectivity index (χ2v) is 4.44. The highest BCUT2D eigenvalue weighted by atomic mass is 16.6. The van der Waals surface area contributed by atoms with Gasteiger partial charge in [-0.3, -0.25) is 4.79 Å².